The first-order valence-electron chi connectivity index (χ1n) is 13.8. The van der Waals surface area contributed by atoms with Gasteiger partial charge in [-0.05, 0) is 34.1 Å². The molecule has 3 aliphatic heterocycles. The number of hydrogen-bond acceptors (Lipinski definition) is 14. The van der Waals surface area contributed by atoms with E-state index in [9.17, 15) is 14.5 Å². The zero-order chi connectivity index (χ0) is 30.5. The molecule has 6 atom stereocenters. The molecule has 0 spiro atoms. The predicted octanol–water partition coefficient (Wildman–Crippen LogP) is 1.68. The van der Waals surface area contributed by atoms with Gasteiger partial charge in [0.05, 0.1) is 32.8 Å². The Labute approximate surface area is 243 Å². The van der Waals surface area contributed by atoms with Gasteiger partial charge in [0.1, 0.15) is 23.9 Å². The van der Waals surface area contributed by atoms with Crippen molar-refractivity contribution in [3.05, 3.63) is 6.33 Å². The summed E-state index contributed by atoms with van der Waals surface area (Å²) in [6, 6.07) is 0. The lowest BCUT2D eigenvalue weighted by Crippen LogP contribution is -2.56. The van der Waals surface area contributed by atoms with Gasteiger partial charge >= 0.3 is 7.82 Å². The summed E-state index contributed by atoms with van der Waals surface area (Å²) in [6.45, 7) is 11.4. The summed E-state index contributed by atoms with van der Waals surface area (Å²) in [5.74, 6) is -0.968. The first-order chi connectivity index (χ1) is 19.7. The summed E-state index contributed by atoms with van der Waals surface area (Å²) in [7, 11) is -4.05. The Kier molecular flexibility index (Phi) is 8.30. The van der Waals surface area contributed by atoms with E-state index in [0.717, 1.165) is 0 Å². The molecule has 5 heterocycles. The summed E-state index contributed by atoms with van der Waals surface area (Å²) in [5.41, 5.74) is 4.30. The molecule has 234 valence electrons. The third-order valence-electron chi connectivity index (χ3n) is 7.31. The molecule has 0 aliphatic carbocycles. The van der Waals surface area contributed by atoms with Crippen LogP contribution in [0.3, 0.4) is 0 Å². The second-order valence-corrected chi connectivity index (χ2v) is 13.4. The Hall–Kier alpha value is -2.43. The van der Waals surface area contributed by atoms with Crippen LogP contribution in [0.15, 0.2) is 6.33 Å². The molecule has 1 amide bonds. The number of nitrogens with one attached hydrogen (secondary N) is 1. The van der Waals surface area contributed by atoms with Gasteiger partial charge in [0, 0.05) is 12.0 Å². The van der Waals surface area contributed by atoms with Crippen LogP contribution < -0.4 is 15.8 Å². The van der Waals surface area contributed by atoms with Crippen molar-refractivity contribution in [1.29, 1.82) is 0 Å². The number of anilines is 1. The number of rotatable bonds is 9. The Morgan fingerprint density at radius 1 is 1.29 bits per heavy atom. The Bertz CT molecular complexity index is 1370. The third-order valence-corrected chi connectivity index (χ3v) is 8.76. The van der Waals surface area contributed by atoms with Crippen LogP contribution >= 0.6 is 7.82 Å². The van der Waals surface area contributed by atoms with Crippen LogP contribution in [0.25, 0.3) is 11.2 Å². The van der Waals surface area contributed by atoms with Gasteiger partial charge in [-0.2, -0.15) is 9.97 Å². The number of aromatic nitrogens is 4. The number of nitrogens with zero attached hydrogens (tertiary/aromatic N) is 4. The van der Waals surface area contributed by atoms with Gasteiger partial charge in [-0.25, -0.2) is 9.55 Å². The van der Waals surface area contributed by atoms with Crippen molar-refractivity contribution in [1.82, 2.24) is 24.8 Å². The van der Waals surface area contributed by atoms with Gasteiger partial charge in [0.25, 0.3) is 0 Å². The molecule has 42 heavy (non-hydrogen) atoms. The second-order valence-electron chi connectivity index (χ2n) is 11.8. The van der Waals surface area contributed by atoms with Crippen LogP contribution in [0.5, 0.6) is 5.88 Å². The lowest BCUT2D eigenvalue weighted by atomic mass is 9.85. The molecule has 3 saturated heterocycles. The average molecular weight is 615 g/mol. The molecule has 3 fully saturated rings. The molecule has 0 radical (unpaired) electrons. The Morgan fingerprint density at radius 3 is 2.79 bits per heavy atom. The van der Waals surface area contributed by atoms with Crippen molar-refractivity contribution in [3.63, 3.8) is 0 Å². The largest absolute Gasteiger partial charge is 0.476 e. The van der Waals surface area contributed by atoms with E-state index in [1.54, 1.807) is 20.8 Å². The lowest BCUT2D eigenvalue weighted by molar-refractivity contribution is -0.304. The monoisotopic (exact) mass is 614 g/mol. The molecule has 2 aromatic rings. The maximum absolute atomic E-state index is 13.3. The van der Waals surface area contributed by atoms with Crippen molar-refractivity contribution >= 4 is 30.8 Å². The van der Waals surface area contributed by atoms with E-state index in [1.165, 1.54) is 17.8 Å². The van der Waals surface area contributed by atoms with Crippen LogP contribution in [0.4, 0.5) is 5.95 Å². The highest BCUT2D eigenvalue weighted by Crippen LogP contribution is 2.59. The number of ether oxygens (including phenoxy) is 4. The normalized spacial score (nSPS) is 33.8. The SMILES string of the molecule is CCOc1nc(N)nc2c1ncn2[C@@H]1O[C@@H]2CO[P@@](=O)(OCCCNC(=O)[C@H]3OC(C)(C)OCC3(C)C)O[C@H]2[C@@]1(C)O. The fraction of sp³-hybridized carbons (Fsp3) is 0.760. The molecular weight excluding hydrogens is 575 g/mol. The first-order valence-corrected chi connectivity index (χ1v) is 15.3. The maximum atomic E-state index is 13.3. The van der Waals surface area contributed by atoms with E-state index in [4.69, 9.17) is 38.3 Å². The summed E-state index contributed by atoms with van der Waals surface area (Å²) in [6.07, 6.45) is -1.79. The number of carbonyl (C=O) groups is 1. The number of phosphoric ester groups is 1. The minimum absolute atomic E-state index is 0.0343. The van der Waals surface area contributed by atoms with Crippen LogP contribution in [-0.2, 0) is 37.1 Å². The number of aliphatic hydroxyl groups is 1. The van der Waals surface area contributed by atoms with Gasteiger partial charge in [-0.1, -0.05) is 13.8 Å². The quantitative estimate of drug-likeness (QED) is 0.272. The molecule has 4 N–H and O–H groups in total. The van der Waals surface area contributed by atoms with E-state index in [2.05, 4.69) is 20.3 Å². The summed E-state index contributed by atoms with van der Waals surface area (Å²) >= 11 is 0. The number of nitrogens with two attached hydrogens (primary N) is 1. The topological polar surface area (TPSA) is 201 Å². The van der Waals surface area contributed by atoms with Crippen molar-refractivity contribution in [2.24, 2.45) is 5.41 Å². The smallest absolute Gasteiger partial charge is 0.475 e. The standard InChI is InChI=1S/C25H39N6O10P/c1-7-35-20-15-18(29-22(26)30-20)31(13-28-15)21-25(6,33)16-14(39-21)11-38-42(34,41-16)37-10-8-9-27-19(32)17-23(2,3)12-36-24(4,5)40-17/h13-14,16-17,21,33H,7-12H2,1-6H3,(H,27,32)(H2,26,29,30)/t14-,16-,17-,21-,25-,42-/m1/s1. The van der Waals surface area contributed by atoms with Gasteiger partial charge in [0.15, 0.2) is 23.2 Å². The zero-order valence-corrected chi connectivity index (χ0v) is 25.5. The molecular formula is C25H39N6O10P. The number of carbonyl (C=O) groups excluding carboxylic acids is 1. The van der Waals surface area contributed by atoms with Gasteiger partial charge in [-0.3, -0.25) is 22.9 Å². The molecule has 0 aromatic carbocycles. The van der Waals surface area contributed by atoms with Crippen LogP contribution in [0, 0.1) is 5.41 Å². The molecule has 0 bridgehead atoms. The highest BCUT2D eigenvalue weighted by molar-refractivity contribution is 7.48. The number of amides is 1. The molecule has 17 heteroatoms. The number of phosphoric acid groups is 1. The van der Waals surface area contributed by atoms with E-state index < -0.39 is 49.2 Å². The fourth-order valence-corrected chi connectivity index (χ4v) is 6.64. The second kappa shape index (κ2) is 11.2. The van der Waals surface area contributed by atoms with Crippen molar-refractivity contribution in [2.75, 3.05) is 38.7 Å². The summed E-state index contributed by atoms with van der Waals surface area (Å²) in [4.78, 5) is 25.4. The molecule has 0 saturated carbocycles. The third kappa shape index (κ3) is 5.99. The van der Waals surface area contributed by atoms with E-state index >= 15 is 0 Å². The highest BCUT2D eigenvalue weighted by atomic mass is 31.2. The molecule has 3 aliphatic rings. The predicted molar refractivity (Wildman–Crippen MR) is 146 cm³/mol. The maximum Gasteiger partial charge on any atom is 0.475 e. The fourth-order valence-electron chi connectivity index (χ4n) is 5.13. The van der Waals surface area contributed by atoms with Gasteiger partial charge in [0.2, 0.25) is 17.7 Å². The highest BCUT2D eigenvalue weighted by Gasteiger charge is 2.60. The van der Waals surface area contributed by atoms with Crippen LogP contribution in [0.2, 0.25) is 0 Å². The number of nitrogen functional groups attached to an aromatic ring is 1. The Morgan fingerprint density at radius 2 is 2.05 bits per heavy atom. The summed E-state index contributed by atoms with van der Waals surface area (Å²) < 4.78 is 54.5. The minimum Gasteiger partial charge on any atom is -0.476 e. The molecule has 16 nitrogen and oxygen atoms in total. The summed E-state index contributed by atoms with van der Waals surface area (Å²) in [5, 5.41) is 14.4. The first kappa shape index (κ1) is 31.0. The molecule has 5 rings (SSSR count). The average Bonchev–Trinajstić information content (AvgIpc) is 3.43. The molecule has 0 unspecified atom stereocenters. The van der Waals surface area contributed by atoms with Crippen molar-refractivity contribution < 1.29 is 47.0 Å². The van der Waals surface area contributed by atoms with E-state index in [-0.39, 0.29) is 43.1 Å². The van der Waals surface area contributed by atoms with Gasteiger partial charge in [-0.15, -0.1) is 0 Å². The van der Waals surface area contributed by atoms with Crippen molar-refractivity contribution in [3.8, 4) is 5.88 Å². The lowest BCUT2D eigenvalue weighted by Gasteiger charge is -2.44. The number of imidazole rings is 1. The Balaban J connectivity index is 1.18. The molecule has 2 aromatic heterocycles. The van der Waals surface area contributed by atoms with Crippen molar-refractivity contribution in [2.45, 2.75) is 83.9 Å². The van der Waals surface area contributed by atoms with E-state index in [1.807, 2.05) is 13.8 Å². The van der Waals surface area contributed by atoms with E-state index in [0.29, 0.717) is 25.2 Å². The number of fused-ring (bicyclic) bond motifs is 2. The number of hydrogen-bond donors (Lipinski definition) is 3. The van der Waals surface area contributed by atoms with Gasteiger partial charge < -0.3 is 35.1 Å². The van der Waals surface area contributed by atoms with Crippen LogP contribution in [-0.4, -0.2) is 93.2 Å². The van der Waals surface area contributed by atoms with Crippen LogP contribution in [0.1, 0.15) is 54.2 Å². The zero-order valence-electron chi connectivity index (χ0n) is 24.6. The minimum atomic E-state index is -4.05.